The Morgan fingerprint density at radius 2 is 1.75 bits per heavy atom. The Kier molecular flexibility index (Phi) is 6.02. The van der Waals surface area contributed by atoms with Gasteiger partial charge >= 0.3 is 0 Å². The largest absolute Gasteiger partial charge is 0.361 e. The normalized spacial score (nSPS) is 13.1. The number of carbonyl (C=O) groups is 2. The Hall–Kier alpha value is -3.94. The van der Waals surface area contributed by atoms with E-state index in [0.29, 0.717) is 23.9 Å². The van der Waals surface area contributed by atoms with E-state index < -0.39 is 18.0 Å². The van der Waals surface area contributed by atoms with Crippen LogP contribution < -0.4 is 16.2 Å². The summed E-state index contributed by atoms with van der Waals surface area (Å²) in [4.78, 5) is 45.3. The molecular formula is C24H25N5O3. The van der Waals surface area contributed by atoms with Gasteiger partial charge in [0.2, 0.25) is 11.8 Å². The summed E-state index contributed by atoms with van der Waals surface area (Å²) in [6.07, 6.45) is 3.98. The van der Waals surface area contributed by atoms with E-state index in [9.17, 15) is 14.4 Å². The Morgan fingerprint density at radius 3 is 2.56 bits per heavy atom. The van der Waals surface area contributed by atoms with Gasteiger partial charge in [-0.1, -0.05) is 30.3 Å². The van der Waals surface area contributed by atoms with Crippen molar-refractivity contribution >= 4 is 33.6 Å². The Balaban J connectivity index is 1.34. The standard InChI is InChI=1S/C24H25N5O3/c1-15(22(30)25-12-11-17-13-26-20-9-5-3-7-18(17)20)28-23(31)16(2)29-14-27-21-10-6-4-8-19(21)24(29)32/h3-10,13-16,26H,11-12H2,1-2H3,(H,25,30)(H,28,31). The minimum absolute atomic E-state index is 0.283. The molecule has 0 spiro atoms. The number of amides is 2. The zero-order valence-corrected chi connectivity index (χ0v) is 18.0. The van der Waals surface area contributed by atoms with Crippen LogP contribution in [0.1, 0.15) is 25.5 Å². The molecular weight excluding hydrogens is 406 g/mol. The summed E-state index contributed by atoms with van der Waals surface area (Å²) in [5.74, 6) is -0.710. The number of nitrogens with zero attached hydrogens (tertiary/aromatic N) is 2. The van der Waals surface area contributed by atoms with E-state index in [1.807, 2.05) is 30.5 Å². The molecule has 2 unspecified atom stereocenters. The van der Waals surface area contributed by atoms with Crippen molar-refractivity contribution in [2.24, 2.45) is 0 Å². The number of hydrogen-bond donors (Lipinski definition) is 3. The number of nitrogens with one attached hydrogen (secondary N) is 3. The average molecular weight is 431 g/mol. The number of carbonyl (C=O) groups excluding carboxylic acids is 2. The van der Waals surface area contributed by atoms with Crippen LogP contribution >= 0.6 is 0 Å². The molecule has 2 aromatic heterocycles. The predicted molar refractivity (Wildman–Crippen MR) is 123 cm³/mol. The van der Waals surface area contributed by atoms with Crippen molar-refractivity contribution in [2.75, 3.05) is 6.54 Å². The predicted octanol–water partition coefficient (Wildman–Crippen LogP) is 2.30. The molecule has 0 aliphatic rings. The number of hydrogen-bond acceptors (Lipinski definition) is 4. The third-order valence-electron chi connectivity index (χ3n) is 5.61. The van der Waals surface area contributed by atoms with Gasteiger partial charge in [0.05, 0.1) is 17.2 Å². The first kappa shape index (κ1) is 21.3. The van der Waals surface area contributed by atoms with Gasteiger partial charge in [-0.3, -0.25) is 19.0 Å². The van der Waals surface area contributed by atoms with Crippen LogP contribution in [-0.4, -0.2) is 38.9 Å². The molecule has 8 nitrogen and oxygen atoms in total. The number of benzene rings is 2. The maximum absolute atomic E-state index is 12.7. The number of H-pyrrole nitrogens is 1. The summed E-state index contributed by atoms with van der Waals surface area (Å²) in [6, 6.07) is 13.4. The van der Waals surface area contributed by atoms with Gasteiger partial charge in [0, 0.05) is 23.6 Å². The van der Waals surface area contributed by atoms with Crippen LogP contribution in [0.25, 0.3) is 21.8 Å². The van der Waals surface area contributed by atoms with Crippen molar-refractivity contribution in [2.45, 2.75) is 32.4 Å². The number of fused-ring (bicyclic) bond motifs is 2. The van der Waals surface area contributed by atoms with E-state index in [1.54, 1.807) is 38.1 Å². The van der Waals surface area contributed by atoms with E-state index >= 15 is 0 Å². The van der Waals surface area contributed by atoms with Gasteiger partial charge in [0.15, 0.2) is 0 Å². The monoisotopic (exact) mass is 431 g/mol. The lowest BCUT2D eigenvalue weighted by molar-refractivity contribution is -0.130. The highest BCUT2D eigenvalue weighted by Gasteiger charge is 2.22. The summed E-state index contributed by atoms with van der Waals surface area (Å²) < 4.78 is 1.28. The van der Waals surface area contributed by atoms with Crippen molar-refractivity contribution < 1.29 is 9.59 Å². The van der Waals surface area contributed by atoms with Crippen LogP contribution in [-0.2, 0) is 16.0 Å². The minimum atomic E-state index is -0.805. The summed E-state index contributed by atoms with van der Waals surface area (Å²) in [5, 5.41) is 7.11. The maximum Gasteiger partial charge on any atom is 0.261 e. The second kappa shape index (κ2) is 9.05. The molecule has 8 heteroatoms. The van der Waals surface area contributed by atoms with E-state index in [0.717, 1.165) is 16.5 Å². The molecule has 0 saturated heterocycles. The molecule has 0 aliphatic carbocycles. The first-order valence-corrected chi connectivity index (χ1v) is 10.5. The lowest BCUT2D eigenvalue weighted by Crippen LogP contribution is -2.47. The summed E-state index contributed by atoms with van der Waals surface area (Å²) in [5.41, 5.74) is 2.45. The van der Waals surface area contributed by atoms with Gasteiger partial charge in [0.25, 0.3) is 5.56 Å². The Bertz CT molecular complexity index is 1340. The fourth-order valence-corrected chi connectivity index (χ4v) is 3.70. The van der Waals surface area contributed by atoms with E-state index in [-0.39, 0.29) is 11.5 Å². The van der Waals surface area contributed by atoms with Crippen molar-refractivity contribution in [3.8, 4) is 0 Å². The van der Waals surface area contributed by atoms with Crippen LogP contribution in [0.3, 0.4) is 0 Å². The Morgan fingerprint density at radius 1 is 1.03 bits per heavy atom. The lowest BCUT2D eigenvalue weighted by Gasteiger charge is -2.19. The van der Waals surface area contributed by atoms with Crippen molar-refractivity contribution in [3.63, 3.8) is 0 Å². The molecule has 2 aromatic carbocycles. The molecule has 0 aliphatic heterocycles. The van der Waals surface area contributed by atoms with E-state index in [4.69, 9.17) is 0 Å². The van der Waals surface area contributed by atoms with Gasteiger partial charge in [0.1, 0.15) is 12.1 Å². The van der Waals surface area contributed by atoms with Gasteiger partial charge in [-0.2, -0.15) is 0 Å². The topological polar surface area (TPSA) is 109 Å². The minimum Gasteiger partial charge on any atom is -0.361 e. The molecule has 2 amide bonds. The van der Waals surface area contributed by atoms with E-state index in [2.05, 4.69) is 20.6 Å². The smallest absolute Gasteiger partial charge is 0.261 e. The molecule has 0 saturated carbocycles. The fourth-order valence-electron chi connectivity index (χ4n) is 3.70. The van der Waals surface area contributed by atoms with Crippen molar-refractivity contribution in [1.29, 1.82) is 0 Å². The first-order chi connectivity index (χ1) is 15.5. The highest BCUT2D eigenvalue weighted by molar-refractivity contribution is 5.89. The van der Waals surface area contributed by atoms with Crippen LogP contribution in [0.2, 0.25) is 0 Å². The molecule has 0 bridgehead atoms. The van der Waals surface area contributed by atoms with Crippen LogP contribution in [0.4, 0.5) is 0 Å². The second-order valence-corrected chi connectivity index (χ2v) is 7.78. The molecule has 2 heterocycles. The van der Waals surface area contributed by atoms with Crippen LogP contribution in [0, 0.1) is 0 Å². The highest BCUT2D eigenvalue weighted by atomic mass is 16.2. The number of para-hydroxylation sites is 2. The zero-order chi connectivity index (χ0) is 22.7. The molecule has 0 radical (unpaired) electrons. The van der Waals surface area contributed by atoms with Gasteiger partial charge in [-0.25, -0.2) is 4.98 Å². The number of aromatic amines is 1. The average Bonchev–Trinajstić information content (AvgIpc) is 3.22. The summed E-state index contributed by atoms with van der Waals surface area (Å²) in [6.45, 7) is 3.67. The van der Waals surface area contributed by atoms with E-state index in [1.165, 1.54) is 10.9 Å². The van der Waals surface area contributed by atoms with Crippen LogP contribution in [0.15, 0.2) is 65.8 Å². The van der Waals surface area contributed by atoms with Gasteiger partial charge in [-0.05, 0) is 44.0 Å². The summed E-state index contributed by atoms with van der Waals surface area (Å²) >= 11 is 0. The molecule has 4 rings (SSSR count). The van der Waals surface area contributed by atoms with Gasteiger partial charge in [-0.15, -0.1) is 0 Å². The van der Waals surface area contributed by atoms with Crippen molar-refractivity contribution in [3.05, 3.63) is 77.0 Å². The molecule has 4 aromatic rings. The summed E-state index contributed by atoms with van der Waals surface area (Å²) in [7, 11) is 0. The third kappa shape index (κ3) is 4.25. The SMILES string of the molecule is CC(NC(=O)C(C)n1cnc2ccccc2c1=O)C(=O)NCCc1c[nH]c2ccccc12. The highest BCUT2D eigenvalue weighted by Crippen LogP contribution is 2.17. The fraction of sp³-hybridized carbons (Fsp3) is 0.250. The number of aromatic nitrogens is 3. The second-order valence-electron chi connectivity index (χ2n) is 7.78. The van der Waals surface area contributed by atoms with Gasteiger partial charge < -0.3 is 15.6 Å². The van der Waals surface area contributed by atoms with Crippen molar-refractivity contribution in [1.82, 2.24) is 25.2 Å². The lowest BCUT2D eigenvalue weighted by atomic mass is 10.1. The molecule has 0 fully saturated rings. The zero-order valence-electron chi connectivity index (χ0n) is 18.0. The molecule has 32 heavy (non-hydrogen) atoms. The van der Waals surface area contributed by atoms with Crippen LogP contribution in [0.5, 0.6) is 0 Å². The molecule has 164 valence electrons. The first-order valence-electron chi connectivity index (χ1n) is 10.5. The quantitative estimate of drug-likeness (QED) is 0.417. The number of rotatable bonds is 7. The molecule has 2 atom stereocenters. The molecule has 3 N–H and O–H groups in total. The maximum atomic E-state index is 12.7. The Labute approximate surface area is 184 Å². The third-order valence-corrected chi connectivity index (χ3v) is 5.61.